The number of fused-ring (bicyclic) bond motifs is 1. The molecule has 1 aliphatic heterocycles. The number of thioether (sulfide) groups is 1. The average Bonchev–Trinajstić information content (AvgIpc) is 2.92. The van der Waals surface area contributed by atoms with Gasteiger partial charge in [-0.1, -0.05) is 30.0 Å². The van der Waals surface area contributed by atoms with Crippen molar-refractivity contribution >= 4 is 51.7 Å². The van der Waals surface area contributed by atoms with Crippen molar-refractivity contribution in [3.8, 4) is 0 Å². The first kappa shape index (κ1) is 19.5. The number of anilines is 1. The van der Waals surface area contributed by atoms with E-state index in [1.54, 1.807) is 25.4 Å². The minimum Gasteiger partial charge on any atom is -0.383 e. The number of hydrogen-bond acceptors (Lipinski definition) is 7. The summed E-state index contributed by atoms with van der Waals surface area (Å²) >= 11 is 6.45. The molecule has 0 unspecified atom stereocenters. The summed E-state index contributed by atoms with van der Waals surface area (Å²) in [5.41, 5.74) is 1.53. The van der Waals surface area contributed by atoms with Crippen LogP contribution in [0.15, 0.2) is 28.0 Å². The van der Waals surface area contributed by atoms with Gasteiger partial charge in [-0.05, 0) is 31.6 Å². The molecular weight excluding hydrogens is 384 g/mol. The molecule has 2 aromatic rings. The molecule has 0 radical (unpaired) electrons. The maximum atomic E-state index is 13.1. The summed E-state index contributed by atoms with van der Waals surface area (Å²) in [7, 11) is 1.60. The van der Waals surface area contributed by atoms with Crippen molar-refractivity contribution in [2.75, 3.05) is 32.1 Å². The summed E-state index contributed by atoms with van der Waals surface area (Å²) in [6.45, 7) is 5.20. The smallest absolute Gasteiger partial charge is 0.267 e. The van der Waals surface area contributed by atoms with Crippen LogP contribution < -0.4 is 10.9 Å². The van der Waals surface area contributed by atoms with E-state index in [1.807, 2.05) is 19.9 Å². The van der Waals surface area contributed by atoms with E-state index >= 15 is 0 Å². The molecule has 0 saturated carbocycles. The van der Waals surface area contributed by atoms with Crippen LogP contribution in [0.1, 0.15) is 18.1 Å². The van der Waals surface area contributed by atoms with Gasteiger partial charge in [0, 0.05) is 26.4 Å². The number of aryl methyl sites for hydroxylation is 1. The summed E-state index contributed by atoms with van der Waals surface area (Å²) in [5, 5.41) is 3.14. The molecule has 1 N–H and O–H groups in total. The molecular formula is C18H20N4O3S2. The van der Waals surface area contributed by atoms with Crippen LogP contribution in [0.2, 0.25) is 0 Å². The zero-order valence-electron chi connectivity index (χ0n) is 15.3. The lowest BCUT2D eigenvalue weighted by atomic mass is 10.2. The van der Waals surface area contributed by atoms with E-state index in [9.17, 15) is 9.59 Å². The van der Waals surface area contributed by atoms with Gasteiger partial charge in [0.25, 0.3) is 11.5 Å². The van der Waals surface area contributed by atoms with Crippen LogP contribution in [0, 0.1) is 6.92 Å². The van der Waals surface area contributed by atoms with Crippen LogP contribution in [0.25, 0.3) is 11.7 Å². The molecule has 9 heteroatoms. The quantitative estimate of drug-likeness (QED) is 0.450. The molecule has 1 aliphatic rings. The molecule has 7 nitrogen and oxygen atoms in total. The molecule has 0 atom stereocenters. The second-order valence-corrected chi connectivity index (χ2v) is 7.59. The van der Waals surface area contributed by atoms with Crippen molar-refractivity contribution < 1.29 is 9.53 Å². The Morgan fingerprint density at radius 1 is 1.41 bits per heavy atom. The van der Waals surface area contributed by atoms with Gasteiger partial charge in [-0.15, -0.1) is 0 Å². The Morgan fingerprint density at radius 3 is 2.85 bits per heavy atom. The van der Waals surface area contributed by atoms with Crippen molar-refractivity contribution in [1.82, 2.24) is 14.3 Å². The first-order valence-electron chi connectivity index (χ1n) is 8.48. The van der Waals surface area contributed by atoms with Crippen molar-refractivity contribution in [1.29, 1.82) is 0 Å². The minimum absolute atomic E-state index is 0.191. The molecule has 1 amide bonds. The number of rotatable bonds is 6. The zero-order chi connectivity index (χ0) is 19.6. The SMILES string of the molecule is CCN1C(=O)C(=Cc2c(NCCOC)nc3c(C)cccn3c2=O)SC1=S. The van der Waals surface area contributed by atoms with E-state index < -0.39 is 0 Å². The number of hydrogen-bond donors (Lipinski definition) is 1. The fourth-order valence-electron chi connectivity index (χ4n) is 2.75. The van der Waals surface area contributed by atoms with Gasteiger partial charge in [0.15, 0.2) is 0 Å². The average molecular weight is 405 g/mol. The molecule has 27 heavy (non-hydrogen) atoms. The number of carbonyl (C=O) groups excluding carboxylic acids is 1. The third-order valence-electron chi connectivity index (χ3n) is 4.15. The Hall–Kier alpha value is -2.23. The second kappa shape index (κ2) is 8.20. The van der Waals surface area contributed by atoms with Crippen LogP contribution in [-0.4, -0.2) is 51.3 Å². The van der Waals surface area contributed by atoms with Gasteiger partial charge in [-0.3, -0.25) is 18.9 Å². The van der Waals surface area contributed by atoms with Crippen molar-refractivity contribution in [2.45, 2.75) is 13.8 Å². The number of amides is 1. The third kappa shape index (κ3) is 3.76. The van der Waals surface area contributed by atoms with Crippen LogP contribution in [0.4, 0.5) is 5.82 Å². The lowest BCUT2D eigenvalue weighted by Gasteiger charge is -2.12. The molecule has 3 rings (SSSR count). The lowest BCUT2D eigenvalue weighted by molar-refractivity contribution is -0.121. The number of likely N-dealkylation sites (N-methyl/N-ethyl adjacent to an activating group) is 1. The third-order valence-corrected chi connectivity index (χ3v) is 5.53. The Balaban J connectivity index is 2.15. The summed E-state index contributed by atoms with van der Waals surface area (Å²) in [4.78, 5) is 32.2. The number of pyridine rings is 1. The predicted octanol–water partition coefficient (Wildman–Crippen LogP) is 2.28. The van der Waals surface area contributed by atoms with Gasteiger partial charge in [0.05, 0.1) is 17.1 Å². The van der Waals surface area contributed by atoms with Crippen LogP contribution in [0.3, 0.4) is 0 Å². The summed E-state index contributed by atoms with van der Waals surface area (Å²) in [5.74, 6) is 0.234. The molecule has 1 saturated heterocycles. The van der Waals surface area contributed by atoms with E-state index in [4.69, 9.17) is 17.0 Å². The normalized spacial score (nSPS) is 16.0. The van der Waals surface area contributed by atoms with Gasteiger partial charge in [0.1, 0.15) is 15.8 Å². The molecule has 142 valence electrons. The number of nitrogens with zero attached hydrogens (tertiary/aromatic N) is 3. The van der Waals surface area contributed by atoms with Gasteiger partial charge >= 0.3 is 0 Å². The number of aromatic nitrogens is 2. The molecule has 0 aliphatic carbocycles. The Kier molecular flexibility index (Phi) is 5.93. The maximum Gasteiger partial charge on any atom is 0.267 e. The molecule has 3 heterocycles. The number of thiocarbonyl (C=S) groups is 1. The van der Waals surface area contributed by atoms with E-state index in [0.717, 1.165) is 5.56 Å². The highest BCUT2D eigenvalue weighted by atomic mass is 32.2. The first-order valence-corrected chi connectivity index (χ1v) is 9.70. The largest absolute Gasteiger partial charge is 0.383 e. The van der Waals surface area contributed by atoms with Crippen molar-refractivity contribution in [2.24, 2.45) is 0 Å². The van der Waals surface area contributed by atoms with Gasteiger partial charge < -0.3 is 10.1 Å². The van der Waals surface area contributed by atoms with Crippen LogP contribution in [-0.2, 0) is 9.53 Å². The number of carbonyl (C=O) groups is 1. The van der Waals surface area contributed by atoms with Crippen LogP contribution >= 0.6 is 24.0 Å². The number of ether oxygens (including phenoxy) is 1. The van der Waals surface area contributed by atoms with Gasteiger partial charge in [0.2, 0.25) is 0 Å². The molecule has 0 spiro atoms. The maximum absolute atomic E-state index is 13.1. The summed E-state index contributed by atoms with van der Waals surface area (Å²) in [6, 6.07) is 3.69. The minimum atomic E-state index is -0.245. The fourth-order valence-corrected chi connectivity index (χ4v) is 4.12. The zero-order valence-corrected chi connectivity index (χ0v) is 16.9. The molecule has 0 bridgehead atoms. The standard InChI is InChI=1S/C18H20N4O3S2/c1-4-21-17(24)13(27-18(21)26)10-12-14(19-7-9-25-3)20-15-11(2)6-5-8-22(15)16(12)23/h5-6,8,10,19H,4,7,9H2,1-3H3. The van der Waals surface area contributed by atoms with Crippen molar-refractivity contribution in [3.05, 3.63) is 44.7 Å². The van der Waals surface area contributed by atoms with Crippen LogP contribution in [0.5, 0.6) is 0 Å². The molecule has 0 aromatic carbocycles. The number of methoxy groups -OCH3 is 1. The lowest BCUT2D eigenvalue weighted by Crippen LogP contribution is -2.27. The van der Waals surface area contributed by atoms with E-state index in [2.05, 4.69) is 10.3 Å². The van der Waals surface area contributed by atoms with E-state index in [-0.39, 0.29) is 11.5 Å². The molecule has 2 aromatic heterocycles. The topological polar surface area (TPSA) is 75.9 Å². The second-order valence-electron chi connectivity index (χ2n) is 5.91. The van der Waals surface area contributed by atoms with Gasteiger partial charge in [-0.2, -0.15) is 0 Å². The Morgan fingerprint density at radius 2 is 2.19 bits per heavy atom. The van der Waals surface area contributed by atoms with Crippen molar-refractivity contribution in [3.63, 3.8) is 0 Å². The molecule has 1 fully saturated rings. The number of nitrogens with one attached hydrogen (secondary N) is 1. The fraction of sp³-hybridized carbons (Fsp3) is 0.333. The summed E-state index contributed by atoms with van der Waals surface area (Å²) < 4.78 is 7.05. The highest BCUT2D eigenvalue weighted by molar-refractivity contribution is 8.26. The highest BCUT2D eigenvalue weighted by Gasteiger charge is 2.31. The first-order chi connectivity index (χ1) is 13.0. The Bertz CT molecular complexity index is 1000. The van der Waals surface area contributed by atoms with E-state index in [0.29, 0.717) is 46.0 Å². The monoisotopic (exact) mass is 404 g/mol. The van der Waals surface area contributed by atoms with E-state index in [1.165, 1.54) is 21.1 Å². The predicted molar refractivity (Wildman–Crippen MR) is 112 cm³/mol. The summed E-state index contributed by atoms with van der Waals surface area (Å²) in [6.07, 6.45) is 3.25. The highest BCUT2D eigenvalue weighted by Crippen LogP contribution is 2.32. The Labute approximate surface area is 166 Å². The van der Waals surface area contributed by atoms with Gasteiger partial charge in [-0.25, -0.2) is 4.98 Å².